The predicted octanol–water partition coefficient (Wildman–Crippen LogP) is 1.52. The van der Waals surface area contributed by atoms with Crippen molar-refractivity contribution >= 4 is 5.91 Å². The van der Waals surface area contributed by atoms with E-state index in [1.165, 1.54) is 12.4 Å². The van der Waals surface area contributed by atoms with E-state index >= 15 is 0 Å². The lowest BCUT2D eigenvalue weighted by atomic mass is 9.94. The molecule has 4 heterocycles. The zero-order valence-electron chi connectivity index (χ0n) is 14.5. The fourth-order valence-corrected chi connectivity index (χ4v) is 3.47. The number of H-pyrrole nitrogens is 2. The highest BCUT2D eigenvalue weighted by molar-refractivity contribution is 5.93. The summed E-state index contributed by atoms with van der Waals surface area (Å²) in [7, 11) is 1.94. The van der Waals surface area contributed by atoms with E-state index in [0.29, 0.717) is 18.8 Å². The van der Waals surface area contributed by atoms with Crippen LogP contribution in [0.2, 0.25) is 0 Å². The summed E-state index contributed by atoms with van der Waals surface area (Å²) in [6, 6.07) is 7.20. The normalized spacial score (nSPS) is 17.4. The van der Waals surface area contributed by atoms with Gasteiger partial charge >= 0.3 is 0 Å². The summed E-state index contributed by atoms with van der Waals surface area (Å²) in [5, 5.41) is 7.13. The Morgan fingerprint density at radius 1 is 1.35 bits per heavy atom. The van der Waals surface area contributed by atoms with Gasteiger partial charge in [-0.25, -0.2) is 4.98 Å². The molecule has 0 spiro atoms. The molecule has 0 aliphatic carbocycles. The van der Waals surface area contributed by atoms with Gasteiger partial charge in [0.05, 0.1) is 17.7 Å². The molecule has 8 nitrogen and oxygen atoms in total. The van der Waals surface area contributed by atoms with Gasteiger partial charge in [0.15, 0.2) is 0 Å². The monoisotopic (exact) mass is 352 g/mol. The number of nitrogens with one attached hydrogen (secondary N) is 2. The lowest BCUT2D eigenvalue weighted by Gasteiger charge is -2.32. The Labute approximate surface area is 149 Å². The van der Waals surface area contributed by atoms with Crippen molar-refractivity contribution in [2.75, 3.05) is 13.1 Å². The topological polar surface area (TPSA) is 99.7 Å². The molecule has 1 fully saturated rings. The maximum Gasteiger partial charge on any atom is 0.271 e. The zero-order chi connectivity index (χ0) is 18.1. The molecule has 4 rings (SSSR count). The molecule has 134 valence electrons. The number of piperidine rings is 1. The Kier molecular flexibility index (Phi) is 4.16. The van der Waals surface area contributed by atoms with Crippen LogP contribution in [0.25, 0.3) is 11.4 Å². The fraction of sp³-hybridized carbons (Fsp3) is 0.333. The summed E-state index contributed by atoms with van der Waals surface area (Å²) in [4.78, 5) is 33.0. The summed E-state index contributed by atoms with van der Waals surface area (Å²) in [5.74, 6) is -0.00207. The SMILES string of the molecule is Cn1cccc1-c1cc(C(=O)N2CCC[C@@H](c3cc(=O)[nH]cn3)C2)[nH]n1. The minimum absolute atomic E-state index is 0.0743. The highest BCUT2D eigenvalue weighted by Gasteiger charge is 2.27. The van der Waals surface area contributed by atoms with Crippen molar-refractivity contribution < 1.29 is 4.79 Å². The van der Waals surface area contributed by atoms with Crippen molar-refractivity contribution in [2.24, 2.45) is 7.05 Å². The smallest absolute Gasteiger partial charge is 0.271 e. The second kappa shape index (κ2) is 6.62. The first-order valence-electron chi connectivity index (χ1n) is 8.63. The first-order valence-corrected chi connectivity index (χ1v) is 8.63. The number of carbonyl (C=O) groups excluding carboxylic acids is 1. The van der Waals surface area contributed by atoms with E-state index in [9.17, 15) is 9.59 Å². The maximum atomic E-state index is 12.9. The molecule has 1 saturated heterocycles. The molecule has 26 heavy (non-hydrogen) atoms. The van der Waals surface area contributed by atoms with Gasteiger partial charge in [-0.3, -0.25) is 14.7 Å². The zero-order valence-corrected chi connectivity index (χ0v) is 14.5. The van der Waals surface area contributed by atoms with Crippen LogP contribution in [0.5, 0.6) is 0 Å². The number of aromatic amines is 2. The summed E-state index contributed by atoms with van der Waals surface area (Å²) in [5.41, 5.74) is 2.73. The van der Waals surface area contributed by atoms with E-state index in [-0.39, 0.29) is 17.4 Å². The number of amides is 1. The Hall–Kier alpha value is -3.16. The van der Waals surface area contributed by atoms with E-state index in [1.54, 1.807) is 11.0 Å². The van der Waals surface area contributed by atoms with Gasteiger partial charge < -0.3 is 14.5 Å². The van der Waals surface area contributed by atoms with Gasteiger partial charge in [-0.2, -0.15) is 5.10 Å². The number of hydrogen-bond donors (Lipinski definition) is 2. The second-order valence-corrected chi connectivity index (χ2v) is 6.60. The number of carbonyl (C=O) groups is 1. The molecule has 0 aromatic carbocycles. The summed E-state index contributed by atoms with van der Waals surface area (Å²) < 4.78 is 1.96. The molecule has 0 radical (unpaired) electrons. The Morgan fingerprint density at radius 3 is 3.00 bits per heavy atom. The Morgan fingerprint density at radius 2 is 2.23 bits per heavy atom. The van der Waals surface area contributed by atoms with Gasteiger partial charge in [-0.05, 0) is 31.0 Å². The van der Waals surface area contributed by atoms with Gasteiger partial charge in [0.2, 0.25) is 0 Å². The average Bonchev–Trinajstić information content (AvgIpc) is 3.30. The van der Waals surface area contributed by atoms with Gasteiger partial charge in [0.25, 0.3) is 11.5 Å². The van der Waals surface area contributed by atoms with Crippen LogP contribution in [-0.2, 0) is 7.05 Å². The minimum atomic E-state index is -0.167. The summed E-state index contributed by atoms with van der Waals surface area (Å²) in [6.45, 7) is 1.24. The molecule has 0 saturated carbocycles. The predicted molar refractivity (Wildman–Crippen MR) is 95.7 cm³/mol. The number of hydrogen-bond acceptors (Lipinski definition) is 4. The third-order valence-electron chi connectivity index (χ3n) is 4.84. The van der Waals surface area contributed by atoms with Crippen LogP contribution in [0.1, 0.15) is 34.9 Å². The van der Waals surface area contributed by atoms with Crippen molar-refractivity contribution in [3.63, 3.8) is 0 Å². The van der Waals surface area contributed by atoms with Gasteiger partial charge in [0.1, 0.15) is 11.4 Å². The molecule has 0 bridgehead atoms. The van der Waals surface area contributed by atoms with Crippen molar-refractivity contribution in [3.8, 4) is 11.4 Å². The van der Waals surface area contributed by atoms with Crippen LogP contribution in [0, 0.1) is 0 Å². The number of nitrogens with zero attached hydrogens (tertiary/aromatic N) is 4. The van der Waals surface area contributed by atoms with Crippen LogP contribution >= 0.6 is 0 Å². The molecule has 1 aliphatic rings. The van der Waals surface area contributed by atoms with Gasteiger partial charge in [-0.15, -0.1) is 0 Å². The van der Waals surface area contributed by atoms with Crippen LogP contribution in [0.3, 0.4) is 0 Å². The number of rotatable bonds is 3. The summed E-state index contributed by atoms with van der Waals surface area (Å²) in [6.07, 6.45) is 5.15. The quantitative estimate of drug-likeness (QED) is 0.746. The van der Waals surface area contributed by atoms with Crippen LogP contribution in [-0.4, -0.2) is 48.6 Å². The first-order chi connectivity index (χ1) is 12.6. The van der Waals surface area contributed by atoms with E-state index in [2.05, 4.69) is 20.2 Å². The molecule has 2 N–H and O–H groups in total. The lowest BCUT2D eigenvalue weighted by Crippen LogP contribution is -2.39. The van der Waals surface area contributed by atoms with Crippen molar-refractivity contribution in [1.82, 2.24) is 29.6 Å². The van der Waals surface area contributed by atoms with E-state index < -0.39 is 0 Å². The first kappa shape index (κ1) is 16.3. The van der Waals surface area contributed by atoms with E-state index in [4.69, 9.17) is 0 Å². The molecule has 3 aromatic rings. The van der Waals surface area contributed by atoms with Gasteiger partial charge in [-0.1, -0.05) is 0 Å². The van der Waals surface area contributed by atoms with Crippen LogP contribution in [0.4, 0.5) is 0 Å². The molecule has 3 aromatic heterocycles. The highest BCUT2D eigenvalue weighted by Crippen LogP contribution is 2.26. The molecule has 1 amide bonds. The van der Waals surface area contributed by atoms with Gasteiger partial charge in [0, 0.05) is 38.3 Å². The molecular weight excluding hydrogens is 332 g/mol. The number of aryl methyl sites for hydroxylation is 1. The fourth-order valence-electron chi connectivity index (χ4n) is 3.47. The molecule has 0 unspecified atom stereocenters. The van der Waals surface area contributed by atoms with Crippen molar-refractivity contribution in [2.45, 2.75) is 18.8 Å². The Balaban J connectivity index is 1.52. The molecule has 1 atom stereocenters. The maximum absolute atomic E-state index is 12.9. The van der Waals surface area contributed by atoms with E-state index in [0.717, 1.165) is 29.9 Å². The third kappa shape index (κ3) is 3.05. The molecule has 1 aliphatic heterocycles. The Bertz CT molecular complexity index is 985. The van der Waals surface area contributed by atoms with E-state index in [1.807, 2.05) is 29.9 Å². The van der Waals surface area contributed by atoms with Crippen molar-refractivity contribution in [3.05, 3.63) is 58.5 Å². The molecule has 8 heteroatoms. The minimum Gasteiger partial charge on any atom is -0.349 e. The van der Waals surface area contributed by atoms with Crippen LogP contribution < -0.4 is 5.56 Å². The largest absolute Gasteiger partial charge is 0.349 e. The molecular formula is C18H20N6O2. The third-order valence-corrected chi connectivity index (χ3v) is 4.84. The highest BCUT2D eigenvalue weighted by atomic mass is 16.2. The standard InChI is InChI=1S/C18H20N6O2/c1-23-6-3-5-16(23)14-8-15(22-21-14)18(26)24-7-2-4-12(10-24)13-9-17(25)20-11-19-13/h3,5-6,8-9,11-12H,2,4,7,10H2,1H3,(H,21,22)(H,19,20,25)/t12-/m1/s1. The number of likely N-dealkylation sites (tertiary alicyclic amines) is 1. The average molecular weight is 352 g/mol. The van der Waals surface area contributed by atoms with Crippen LogP contribution in [0.15, 0.2) is 41.6 Å². The summed E-state index contributed by atoms with van der Waals surface area (Å²) >= 11 is 0. The second-order valence-electron chi connectivity index (χ2n) is 6.60. The number of aromatic nitrogens is 5. The lowest BCUT2D eigenvalue weighted by molar-refractivity contribution is 0.0700. The van der Waals surface area contributed by atoms with Crippen molar-refractivity contribution in [1.29, 1.82) is 0 Å².